The van der Waals surface area contributed by atoms with Crippen LogP contribution in [0.5, 0.6) is 0 Å². The average molecular weight is 350 g/mol. The number of hydrogen-bond donors (Lipinski definition) is 2. The molecule has 136 valence electrons. The molecule has 0 saturated heterocycles. The molecule has 0 spiro atoms. The number of carbonyl (C=O) groups is 3. The largest absolute Gasteiger partial charge is 0.454 e. The maximum absolute atomic E-state index is 13.4. The van der Waals surface area contributed by atoms with E-state index in [9.17, 15) is 18.8 Å². The number of amides is 2. The molecule has 7 heteroatoms. The van der Waals surface area contributed by atoms with E-state index in [1.165, 1.54) is 24.6 Å². The Morgan fingerprint density at radius 3 is 2.64 bits per heavy atom. The number of esters is 1. The Labute approximate surface area is 146 Å². The summed E-state index contributed by atoms with van der Waals surface area (Å²) < 4.78 is 18.3. The van der Waals surface area contributed by atoms with Gasteiger partial charge in [0.05, 0.1) is 5.56 Å². The molecule has 0 unspecified atom stereocenters. The highest BCUT2D eigenvalue weighted by atomic mass is 19.1. The number of nitrogens with one attached hydrogen (secondary N) is 2. The molecular weight excluding hydrogens is 327 g/mol. The van der Waals surface area contributed by atoms with E-state index >= 15 is 0 Å². The van der Waals surface area contributed by atoms with Gasteiger partial charge in [-0.3, -0.25) is 14.4 Å². The first-order chi connectivity index (χ1) is 12.0. The van der Waals surface area contributed by atoms with Gasteiger partial charge in [0.1, 0.15) is 12.4 Å². The van der Waals surface area contributed by atoms with Gasteiger partial charge < -0.3 is 15.4 Å². The van der Waals surface area contributed by atoms with Crippen LogP contribution in [0.2, 0.25) is 0 Å². The zero-order valence-electron chi connectivity index (χ0n) is 14.2. The summed E-state index contributed by atoms with van der Waals surface area (Å²) >= 11 is 0. The van der Waals surface area contributed by atoms with Gasteiger partial charge in [-0.1, -0.05) is 31.9 Å². The van der Waals surface area contributed by atoms with Crippen LogP contribution in [0, 0.1) is 11.7 Å². The van der Waals surface area contributed by atoms with Crippen molar-refractivity contribution in [3.8, 4) is 0 Å². The molecular formula is C18H23FN2O4. The van der Waals surface area contributed by atoms with Gasteiger partial charge in [-0.15, -0.1) is 0 Å². The Bertz CT molecular complexity index is 635. The second kappa shape index (κ2) is 9.15. The normalized spacial score (nSPS) is 19.8. The summed E-state index contributed by atoms with van der Waals surface area (Å²) in [6.45, 7) is 1.27. The van der Waals surface area contributed by atoms with Crippen molar-refractivity contribution in [1.82, 2.24) is 10.6 Å². The summed E-state index contributed by atoms with van der Waals surface area (Å²) in [5.41, 5.74) is -0.153. The summed E-state index contributed by atoms with van der Waals surface area (Å²) in [7, 11) is 0. The highest BCUT2D eigenvalue weighted by molar-refractivity contribution is 5.96. The van der Waals surface area contributed by atoms with Crippen molar-refractivity contribution in [1.29, 1.82) is 0 Å². The summed E-state index contributed by atoms with van der Waals surface area (Å²) in [5, 5.41) is 5.14. The van der Waals surface area contributed by atoms with Crippen molar-refractivity contribution in [2.24, 2.45) is 5.92 Å². The third-order valence-corrected chi connectivity index (χ3v) is 4.33. The molecule has 1 aromatic rings. The quantitative estimate of drug-likeness (QED) is 0.766. The monoisotopic (exact) mass is 350 g/mol. The molecule has 1 aliphatic carbocycles. The second-order valence-electron chi connectivity index (χ2n) is 6.26. The molecule has 0 radical (unpaired) electrons. The Balaban J connectivity index is 1.69. The van der Waals surface area contributed by atoms with Gasteiger partial charge in [-0.2, -0.15) is 0 Å². The smallest absolute Gasteiger partial charge is 0.325 e. The minimum absolute atomic E-state index is 0.112. The Morgan fingerprint density at radius 1 is 1.20 bits per heavy atom. The van der Waals surface area contributed by atoms with Gasteiger partial charge in [-0.25, -0.2) is 4.39 Å². The molecule has 0 heterocycles. The van der Waals surface area contributed by atoms with Gasteiger partial charge in [0.15, 0.2) is 6.61 Å². The van der Waals surface area contributed by atoms with E-state index in [-0.39, 0.29) is 17.5 Å². The number of benzene rings is 1. The molecule has 2 N–H and O–H groups in total. The number of ether oxygens (including phenoxy) is 1. The molecule has 2 amide bonds. The molecule has 2 rings (SSSR count). The highest BCUT2D eigenvalue weighted by Crippen LogP contribution is 2.23. The van der Waals surface area contributed by atoms with E-state index in [0.29, 0.717) is 5.92 Å². The van der Waals surface area contributed by atoms with Crippen molar-refractivity contribution in [3.05, 3.63) is 35.6 Å². The fraction of sp³-hybridized carbons (Fsp3) is 0.500. The topological polar surface area (TPSA) is 84.5 Å². The molecule has 1 fully saturated rings. The zero-order chi connectivity index (χ0) is 18.2. The Morgan fingerprint density at radius 2 is 1.92 bits per heavy atom. The van der Waals surface area contributed by atoms with Gasteiger partial charge in [-0.05, 0) is 30.9 Å². The third-order valence-electron chi connectivity index (χ3n) is 4.33. The molecule has 25 heavy (non-hydrogen) atoms. The first-order valence-corrected chi connectivity index (χ1v) is 8.45. The molecule has 6 nitrogen and oxygen atoms in total. The minimum Gasteiger partial charge on any atom is -0.454 e. The molecule has 0 bridgehead atoms. The standard InChI is InChI=1S/C18H23FN2O4/c1-12-6-2-5-9-15(12)21-16(22)11-25-17(23)10-20-18(24)13-7-3-4-8-14(13)19/h3-4,7-8,12,15H,2,5-6,9-11H2,1H3,(H,20,24)(H,21,22)/t12-,15-/m0/s1. The zero-order valence-corrected chi connectivity index (χ0v) is 14.2. The van der Waals surface area contributed by atoms with Crippen LogP contribution in [0.15, 0.2) is 24.3 Å². The van der Waals surface area contributed by atoms with Gasteiger partial charge in [0.25, 0.3) is 11.8 Å². The van der Waals surface area contributed by atoms with Crippen molar-refractivity contribution in [2.45, 2.75) is 38.6 Å². The molecule has 0 aliphatic heterocycles. The lowest BCUT2D eigenvalue weighted by atomic mass is 9.86. The van der Waals surface area contributed by atoms with E-state index in [1.54, 1.807) is 0 Å². The maximum atomic E-state index is 13.4. The second-order valence-corrected chi connectivity index (χ2v) is 6.26. The Kier molecular flexibility index (Phi) is 6.91. The van der Waals surface area contributed by atoms with E-state index in [1.807, 2.05) is 0 Å². The first-order valence-electron chi connectivity index (χ1n) is 8.45. The van der Waals surface area contributed by atoms with E-state index in [0.717, 1.165) is 25.3 Å². The van der Waals surface area contributed by atoms with E-state index < -0.39 is 30.8 Å². The maximum Gasteiger partial charge on any atom is 0.325 e. The van der Waals surface area contributed by atoms with E-state index in [2.05, 4.69) is 17.6 Å². The summed E-state index contributed by atoms with van der Waals surface area (Å²) in [5.74, 6) is -2.08. The SMILES string of the molecule is C[C@H]1CCCC[C@@H]1NC(=O)COC(=O)CNC(=O)c1ccccc1F. The summed E-state index contributed by atoms with van der Waals surface area (Å²) in [6, 6.07) is 5.57. The highest BCUT2D eigenvalue weighted by Gasteiger charge is 2.23. The molecule has 1 saturated carbocycles. The Hall–Kier alpha value is -2.44. The molecule has 1 aromatic carbocycles. The molecule has 1 aliphatic rings. The van der Waals surface area contributed by atoms with Crippen LogP contribution in [-0.2, 0) is 14.3 Å². The van der Waals surface area contributed by atoms with E-state index in [4.69, 9.17) is 4.74 Å². The lowest BCUT2D eigenvalue weighted by molar-refractivity contribution is -0.147. The predicted molar refractivity (Wildman–Crippen MR) is 89.3 cm³/mol. The van der Waals surface area contributed by atoms with Gasteiger partial charge >= 0.3 is 5.97 Å². The van der Waals surface area contributed by atoms with Crippen LogP contribution in [0.4, 0.5) is 4.39 Å². The third kappa shape index (κ3) is 5.85. The lowest BCUT2D eigenvalue weighted by Gasteiger charge is -2.29. The number of halogens is 1. The first kappa shape index (κ1) is 18.9. The summed E-state index contributed by atoms with van der Waals surface area (Å²) in [4.78, 5) is 35.2. The van der Waals surface area contributed by atoms with Crippen LogP contribution in [0.1, 0.15) is 43.0 Å². The average Bonchev–Trinajstić information content (AvgIpc) is 2.60. The van der Waals surface area contributed by atoms with Crippen molar-refractivity contribution in [3.63, 3.8) is 0 Å². The summed E-state index contributed by atoms with van der Waals surface area (Å²) in [6.07, 6.45) is 4.26. The fourth-order valence-electron chi connectivity index (χ4n) is 2.87. The van der Waals surface area contributed by atoms with Crippen molar-refractivity contribution >= 4 is 17.8 Å². The van der Waals surface area contributed by atoms with Gasteiger partial charge in [0.2, 0.25) is 0 Å². The number of carbonyl (C=O) groups excluding carboxylic acids is 3. The van der Waals surface area contributed by atoms with Crippen LogP contribution >= 0.6 is 0 Å². The van der Waals surface area contributed by atoms with Crippen molar-refractivity contribution in [2.75, 3.05) is 13.2 Å². The van der Waals surface area contributed by atoms with Gasteiger partial charge in [0, 0.05) is 6.04 Å². The fourth-order valence-corrected chi connectivity index (χ4v) is 2.87. The van der Waals surface area contributed by atoms with Crippen LogP contribution in [0.25, 0.3) is 0 Å². The van der Waals surface area contributed by atoms with Crippen LogP contribution < -0.4 is 10.6 Å². The molecule has 0 aromatic heterocycles. The predicted octanol–water partition coefficient (Wildman–Crippen LogP) is 1.79. The molecule has 2 atom stereocenters. The van der Waals surface area contributed by atoms with Crippen LogP contribution in [-0.4, -0.2) is 37.0 Å². The van der Waals surface area contributed by atoms with Crippen LogP contribution in [0.3, 0.4) is 0 Å². The number of hydrogen-bond acceptors (Lipinski definition) is 4. The minimum atomic E-state index is -0.753. The lowest BCUT2D eigenvalue weighted by Crippen LogP contribution is -2.43. The number of rotatable bonds is 6. The van der Waals surface area contributed by atoms with Crippen molar-refractivity contribution < 1.29 is 23.5 Å².